The lowest BCUT2D eigenvalue weighted by Gasteiger charge is -2.27. The van der Waals surface area contributed by atoms with Gasteiger partial charge in [0.1, 0.15) is 11.3 Å². The zero-order chi connectivity index (χ0) is 35.2. The molecule has 0 radical (unpaired) electrons. The number of esters is 1. The minimum atomic E-state index is -5.91. The fourth-order valence-electron chi connectivity index (χ4n) is 4.16. The fraction of sp³-hybridized carbons (Fsp3) is 0.419. The van der Waals surface area contributed by atoms with Crippen LogP contribution in [-0.4, -0.2) is 44.0 Å². The molecule has 3 rings (SSSR count). The first-order valence-electron chi connectivity index (χ1n) is 14.0. The maximum atomic E-state index is 14.1. The molecule has 0 aliphatic rings. The van der Waals surface area contributed by atoms with Crippen LogP contribution in [0.1, 0.15) is 44.2 Å². The van der Waals surface area contributed by atoms with Gasteiger partial charge in [-0.25, -0.2) is 23.8 Å². The van der Waals surface area contributed by atoms with Gasteiger partial charge in [-0.2, -0.15) is 17.6 Å². The number of halogens is 8. The summed E-state index contributed by atoms with van der Waals surface area (Å²) in [4.78, 5) is 23.9. The molecule has 3 aromatic rings. The zero-order valence-corrected chi connectivity index (χ0v) is 25.3. The number of ether oxygens (including phenoxy) is 5. The van der Waals surface area contributed by atoms with E-state index >= 15 is 0 Å². The smallest absolute Gasteiger partial charge is 0.484 e. The predicted octanol–water partition coefficient (Wildman–Crippen LogP) is 8.34. The number of hydrogen-bond acceptors (Lipinski definition) is 8. The van der Waals surface area contributed by atoms with Crippen LogP contribution in [0.5, 0.6) is 5.75 Å². The predicted molar refractivity (Wildman–Crippen MR) is 150 cm³/mol. The quantitative estimate of drug-likeness (QED) is 0.0351. The fourth-order valence-corrected chi connectivity index (χ4v) is 4.16. The normalized spacial score (nSPS) is 12.7. The van der Waals surface area contributed by atoms with Crippen molar-refractivity contribution >= 4 is 16.9 Å². The van der Waals surface area contributed by atoms with Crippen LogP contribution < -0.4 is 10.4 Å². The number of fused-ring (bicyclic) bond motifs is 1. The molecule has 0 amide bonds. The van der Waals surface area contributed by atoms with Crippen molar-refractivity contribution in [2.45, 2.75) is 71.3 Å². The highest BCUT2D eigenvalue weighted by Gasteiger charge is 2.57. The highest BCUT2D eigenvalue weighted by atomic mass is 19.3. The lowest BCUT2D eigenvalue weighted by atomic mass is 9.97. The number of aryl methyl sites for hydroxylation is 2. The van der Waals surface area contributed by atoms with Crippen molar-refractivity contribution in [2.24, 2.45) is 0 Å². The van der Waals surface area contributed by atoms with Crippen LogP contribution in [-0.2, 0) is 30.2 Å². The number of carbonyl (C=O) groups excluding carboxylic acids is 1. The van der Waals surface area contributed by atoms with Crippen LogP contribution >= 0.6 is 0 Å². The lowest BCUT2D eigenvalue weighted by Crippen LogP contribution is -2.46. The van der Waals surface area contributed by atoms with Crippen molar-refractivity contribution < 1.29 is 68.0 Å². The average Bonchev–Trinajstić information content (AvgIpc) is 2.93. The zero-order valence-electron chi connectivity index (χ0n) is 25.3. The van der Waals surface area contributed by atoms with E-state index in [0.717, 1.165) is 55.9 Å². The van der Waals surface area contributed by atoms with Crippen molar-refractivity contribution in [2.75, 3.05) is 13.2 Å². The SMILES string of the molecule is C=C(C)C(=O)OCC(F)(F)OC(F)(F)OC(F)(F)OC(F)(F)COc1ccc2cc(-c3ccc(CCCCC)cc3C)c(=O)oc2c1. The largest absolute Gasteiger partial charge is 0.496 e. The maximum Gasteiger partial charge on any atom is 0.496 e. The van der Waals surface area contributed by atoms with Crippen LogP contribution in [0.2, 0.25) is 0 Å². The molecule has 47 heavy (non-hydrogen) atoms. The molecule has 1 aromatic heterocycles. The molecule has 0 aliphatic carbocycles. The summed E-state index contributed by atoms with van der Waals surface area (Å²) in [5.41, 5.74) is 1.51. The number of benzene rings is 2. The number of rotatable bonds is 17. The first kappa shape index (κ1) is 37.4. The van der Waals surface area contributed by atoms with E-state index < -0.39 is 60.9 Å². The van der Waals surface area contributed by atoms with E-state index in [1.54, 1.807) is 6.07 Å². The molecule has 0 atom stereocenters. The van der Waals surface area contributed by atoms with Crippen LogP contribution in [0.3, 0.4) is 0 Å². The van der Waals surface area contributed by atoms with E-state index in [4.69, 9.17) is 9.15 Å². The summed E-state index contributed by atoms with van der Waals surface area (Å²) in [7, 11) is 0. The average molecular weight is 683 g/mol. The molecule has 0 N–H and O–H groups in total. The van der Waals surface area contributed by atoms with E-state index in [0.29, 0.717) is 10.9 Å². The number of carbonyl (C=O) groups is 1. The second-order valence-corrected chi connectivity index (χ2v) is 10.4. The minimum Gasteiger partial charge on any atom is -0.484 e. The van der Waals surface area contributed by atoms with Crippen molar-refractivity contribution in [3.8, 4) is 16.9 Å². The molecule has 8 nitrogen and oxygen atoms in total. The Hall–Kier alpha value is -4.02. The summed E-state index contributed by atoms with van der Waals surface area (Å²) >= 11 is 0. The molecular weight excluding hydrogens is 652 g/mol. The van der Waals surface area contributed by atoms with Gasteiger partial charge in [0.05, 0.1) is 5.56 Å². The van der Waals surface area contributed by atoms with E-state index in [1.807, 2.05) is 19.1 Å². The molecule has 16 heteroatoms. The highest BCUT2D eigenvalue weighted by Crippen LogP contribution is 2.37. The Labute approximate surface area is 262 Å². The van der Waals surface area contributed by atoms with Gasteiger partial charge in [0.25, 0.3) is 0 Å². The Morgan fingerprint density at radius 2 is 1.47 bits per heavy atom. The first-order chi connectivity index (χ1) is 21.7. The van der Waals surface area contributed by atoms with Crippen molar-refractivity contribution in [3.05, 3.63) is 76.2 Å². The van der Waals surface area contributed by atoms with Gasteiger partial charge in [0, 0.05) is 17.0 Å². The third-order valence-corrected chi connectivity index (χ3v) is 6.26. The monoisotopic (exact) mass is 682 g/mol. The van der Waals surface area contributed by atoms with Gasteiger partial charge in [-0.1, -0.05) is 44.5 Å². The molecule has 0 aliphatic heterocycles. The van der Waals surface area contributed by atoms with Crippen LogP contribution in [0.15, 0.2) is 63.8 Å². The molecule has 0 fully saturated rings. The van der Waals surface area contributed by atoms with Crippen LogP contribution in [0, 0.1) is 6.92 Å². The molecule has 2 aromatic carbocycles. The molecule has 0 spiro atoms. The Balaban J connectivity index is 1.65. The van der Waals surface area contributed by atoms with Gasteiger partial charge < -0.3 is 13.9 Å². The summed E-state index contributed by atoms with van der Waals surface area (Å²) in [6, 6.07) is 10.6. The van der Waals surface area contributed by atoms with Crippen LogP contribution in [0.4, 0.5) is 35.1 Å². The second kappa shape index (κ2) is 14.8. The molecule has 0 saturated heterocycles. The van der Waals surface area contributed by atoms with E-state index in [1.165, 1.54) is 12.1 Å². The third kappa shape index (κ3) is 11.3. The highest BCUT2D eigenvalue weighted by molar-refractivity contribution is 5.87. The molecule has 0 saturated carbocycles. The molecule has 258 valence electrons. The second-order valence-electron chi connectivity index (χ2n) is 10.4. The summed E-state index contributed by atoms with van der Waals surface area (Å²) in [6.07, 6.45) is -17.9. The number of alkyl halides is 8. The standard InChI is InChI=1S/C31H30F8O8/c1-5-6-7-8-20-9-12-23(19(4)13-20)24-14-21-10-11-22(15-25(21)44-27(24)41)42-16-28(32,33)45-30(36,37)47-31(38,39)46-29(34,35)17-43-26(40)18(2)3/h9-15H,2,5-8,16-17H2,1,3-4H3. The Morgan fingerprint density at radius 1 is 0.830 bits per heavy atom. The van der Waals surface area contributed by atoms with E-state index in [2.05, 4.69) is 32.5 Å². The summed E-state index contributed by atoms with van der Waals surface area (Å²) in [6.45, 7) is 3.83. The van der Waals surface area contributed by atoms with Gasteiger partial charge >= 0.3 is 36.4 Å². The third-order valence-electron chi connectivity index (χ3n) is 6.26. The summed E-state index contributed by atoms with van der Waals surface area (Å²) in [5.74, 6) is -1.87. The maximum absolute atomic E-state index is 14.1. The van der Waals surface area contributed by atoms with Crippen LogP contribution in [0.25, 0.3) is 22.1 Å². The van der Waals surface area contributed by atoms with E-state index in [9.17, 15) is 44.7 Å². The Kier molecular flexibility index (Phi) is 11.8. The number of hydrogen-bond donors (Lipinski definition) is 0. The topological polar surface area (TPSA) is 93.4 Å². The Morgan fingerprint density at radius 3 is 2.06 bits per heavy atom. The molecule has 0 bridgehead atoms. The number of unbranched alkanes of at least 4 members (excludes halogenated alkanes) is 2. The molecule has 0 unspecified atom stereocenters. The lowest BCUT2D eigenvalue weighted by molar-refractivity contribution is -0.574. The molecule has 1 heterocycles. The van der Waals surface area contributed by atoms with Gasteiger partial charge in [0.15, 0.2) is 13.2 Å². The van der Waals surface area contributed by atoms with Gasteiger partial charge in [-0.3, -0.25) is 0 Å². The van der Waals surface area contributed by atoms with Crippen molar-refractivity contribution in [3.63, 3.8) is 0 Å². The summed E-state index contributed by atoms with van der Waals surface area (Å²) < 4.78 is 132. The van der Waals surface area contributed by atoms with Crippen molar-refractivity contribution in [1.29, 1.82) is 0 Å². The van der Waals surface area contributed by atoms with Gasteiger partial charge in [0.2, 0.25) is 0 Å². The van der Waals surface area contributed by atoms with Gasteiger partial charge in [-0.15, -0.1) is 17.6 Å². The van der Waals surface area contributed by atoms with Gasteiger partial charge in [-0.05, 0) is 61.6 Å². The first-order valence-corrected chi connectivity index (χ1v) is 14.0. The minimum absolute atomic E-state index is 0.116. The molecular formula is C31H30F8O8. The van der Waals surface area contributed by atoms with Crippen molar-refractivity contribution in [1.82, 2.24) is 0 Å². The Bertz CT molecular complexity index is 1640. The van der Waals surface area contributed by atoms with E-state index in [-0.39, 0.29) is 11.1 Å². The summed E-state index contributed by atoms with van der Waals surface area (Å²) in [5, 5.41) is 0.356.